The fourth-order valence-electron chi connectivity index (χ4n) is 2.94. The van der Waals surface area contributed by atoms with Gasteiger partial charge in [0.15, 0.2) is 16.7 Å². The number of rotatable bonds is 2. The Morgan fingerprint density at radius 3 is 2.40 bits per heavy atom. The number of nitrogens with zero attached hydrogens (tertiary/aromatic N) is 3. The Balaban J connectivity index is 1.59. The van der Waals surface area contributed by atoms with Crippen LogP contribution in [0.1, 0.15) is 11.3 Å². The largest absolute Gasteiger partial charge is 0.368 e. The maximum atomic E-state index is 13.4. The van der Waals surface area contributed by atoms with Crippen molar-refractivity contribution in [2.24, 2.45) is 0 Å². The first-order valence-corrected chi connectivity index (χ1v) is 8.54. The van der Waals surface area contributed by atoms with Crippen molar-refractivity contribution < 1.29 is 8.78 Å². The van der Waals surface area contributed by atoms with E-state index in [0.29, 0.717) is 37.0 Å². The van der Waals surface area contributed by atoms with E-state index in [1.165, 1.54) is 6.07 Å². The molecule has 1 N–H and O–H groups in total. The van der Waals surface area contributed by atoms with Crippen LogP contribution in [0.4, 0.5) is 20.3 Å². The third-order valence-electron chi connectivity index (χ3n) is 4.17. The van der Waals surface area contributed by atoms with E-state index in [0.717, 1.165) is 23.1 Å². The van der Waals surface area contributed by atoms with Gasteiger partial charge in [0.25, 0.3) is 0 Å². The zero-order chi connectivity index (χ0) is 18.0. The number of nitrogens with one attached hydrogen (secondary N) is 1. The van der Waals surface area contributed by atoms with Gasteiger partial charge in [-0.25, -0.2) is 13.8 Å². The highest BCUT2D eigenvalue weighted by atomic mass is 32.1. The van der Waals surface area contributed by atoms with Gasteiger partial charge in [-0.05, 0) is 55.9 Å². The van der Waals surface area contributed by atoms with Gasteiger partial charge in [-0.3, -0.25) is 0 Å². The monoisotopic (exact) mass is 362 g/mol. The quantitative estimate of drug-likeness (QED) is 0.827. The van der Waals surface area contributed by atoms with E-state index in [4.69, 9.17) is 12.2 Å². The highest BCUT2D eigenvalue weighted by molar-refractivity contribution is 7.80. The smallest absolute Gasteiger partial charge is 0.174 e. The molecule has 0 amide bonds. The summed E-state index contributed by atoms with van der Waals surface area (Å²) in [6.07, 6.45) is 0. The first-order valence-electron chi connectivity index (χ1n) is 8.13. The Morgan fingerprint density at radius 1 is 1.04 bits per heavy atom. The summed E-state index contributed by atoms with van der Waals surface area (Å²) in [7, 11) is 0. The molecular formula is C18H20F2N4S. The molecule has 25 heavy (non-hydrogen) atoms. The second-order valence-corrected chi connectivity index (χ2v) is 6.56. The molecule has 1 saturated heterocycles. The van der Waals surface area contributed by atoms with Gasteiger partial charge in [0.1, 0.15) is 5.82 Å². The van der Waals surface area contributed by atoms with Crippen LogP contribution < -0.4 is 10.2 Å². The number of aryl methyl sites for hydroxylation is 2. The standard InChI is InChI=1S/C18H20F2N4S/c1-12-9-13(2)21-17(10-12)22-18(25)24-7-5-23(6-8-24)14-3-4-15(19)16(20)11-14/h3-4,9-11H,5-8H2,1-2H3,(H,21,22,25). The molecular weight excluding hydrogens is 342 g/mol. The Bertz CT molecular complexity index is 768. The van der Waals surface area contributed by atoms with E-state index in [-0.39, 0.29) is 0 Å². The van der Waals surface area contributed by atoms with Crippen molar-refractivity contribution in [3.8, 4) is 0 Å². The van der Waals surface area contributed by atoms with Gasteiger partial charge in [-0.15, -0.1) is 0 Å². The molecule has 2 heterocycles. The zero-order valence-electron chi connectivity index (χ0n) is 14.2. The molecule has 1 aliphatic rings. The summed E-state index contributed by atoms with van der Waals surface area (Å²) in [6, 6.07) is 7.96. The topological polar surface area (TPSA) is 31.4 Å². The number of thiocarbonyl (C=S) groups is 1. The molecule has 0 spiro atoms. The first-order chi connectivity index (χ1) is 11.9. The van der Waals surface area contributed by atoms with E-state index >= 15 is 0 Å². The average Bonchev–Trinajstić information content (AvgIpc) is 2.56. The third kappa shape index (κ3) is 4.22. The summed E-state index contributed by atoms with van der Waals surface area (Å²) in [6.45, 7) is 6.75. The van der Waals surface area contributed by atoms with Crippen molar-refractivity contribution in [3.63, 3.8) is 0 Å². The maximum Gasteiger partial charge on any atom is 0.174 e. The lowest BCUT2D eigenvalue weighted by molar-refractivity contribution is 0.390. The van der Waals surface area contributed by atoms with Gasteiger partial charge in [-0.1, -0.05) is 0 Å². The predicted octanol–water partition coefficient (Wildman–Crippen LogP) is 3.50. The molecule has 4 nitrogen and oxygen atoms in total. The maximum absolute atomic E-state index is 13.4. The van der Waals surface area contributed by atoms with Crippen molar-refractivity contribution in [2.45, 2.75) is 13.8 Å². The van der Waals surface area contributed by atoms with Gasteiger partial charge >= 0.3 is 0 Å². The van der Waals surface area contributed by atoms with Crippen molar-refractivity contribution in [1.29, 1.82) is 0 Å². The molecule has 1 aliphatic heterocycles. The Hall–Kier alpha value is -2.28. The van der Waals surface area contributed by atoms with Crippen LogP contribution in [0.3, 0.4) is 0 Å². The normalized spacial score (nSPS) is 14.6. The summed E-state index contributed by atoms with van der Waals surface area (Å²) in [4.78, 5) is 8.52. The molecule has 132 valence electrons. The van der Waals surface area contributed by atoms with E-state index in [9.17, 15) is 8.78 Å². The molecule has 1 aromatic carbocycles. The van der Waals surface area contributed by atoms with Crippen LogP contribution in [0, 0.1) is 25.5 Å². The Labute approximate surface area is 151 Å². The first kappa shape index (κ1) is 17.5. The van der Waals surface area contributed by atoms with Crippen LogP contribution >= 0.6 is 12.2 Å². The second-order valence-electron chi connectivity index (χ2n) is 6.17. The molecule has 2 aromatic rings. The summed E-state index contributed by atoms with van der Waals surface area (Å²) in [5.74, 6) is -0.905. The number of hydrogen-bond donors (Lipinski definition) is 1. The minimum Gasteiger partial charge on any atom is -0.368 e. The van der Waals surface area contributed by atoms with E-state index in [1.54, 1.807) is 6.07 Å². The lowest BCUT2D eigenvalue weighted by Crippen LogP contribution is -2.50. The summed E-state index contributed by atoms with van der Waals surface area (Å²) in [5.41, 5.74) is 2.75. The van der Waals surface area contributed by atoms with Crippen molar-refractivity contribution in [2.75, 3.05) is 36.4 Å². The molecule has 3 rings (SSSR count). The molecule has 1 fully saturated rings. The van der Waals surface area contributed by atoms with Crippen LogP contribution in [-0.2, 0) is 0 Å². The van der Waals surface area contributed by atoms with E-state index in [1.807, 2.05) is 30.9 Å². The number of hydrogen-bond acceptors (Lipinski definition) is 3. The fraction of sp³-hybridized carbons (Fsp3) is 0.333. The average molecular weight is 362 g/mol. The third-order valence-corrected chi connectivity index (χ3v) is 4.53. The lowest BCUT2D eigenvalue weighted by atomic mass is 10.2. The van der Waals surface area contributed by atoms with Crippen LogP contribution in [0.15, 0.2) is 30.3 Å². The van der Waals surface area contributed by atoms with Crippen molar-refractivity contribution >= 4 is 28.8 Å². The van der Waals surface area contributed by atoms with E-state index < -0.39 is 11.6 Å². The summed E-state index contributed by atoms with van der Waals surface area (Å²) >= 11 is 5.48. The van der Waals surface area contributed by atoms with Crippen LogP contribution in [0.2, 0.25) is 0 Å². The number of benzene rings is 1. The fourth-order valence-corrected chi connectivity index (χ4v) is 3.23. The van der Waals surface area contributed by atoms with Crippen LogP contribution in [0.5, 0.6) is 0 Å². The Morgan fingerprint density at radius 2 is 1.76 bits per heavy atom. The highest BCUT2D eigenvalue weighted by Crippen LogP contribution is 2.20. The van der Waals surface area contributed by atoms with Gasteiger partial charge < -0.3 is 15.1 Å². The summed E-state index contributed by atoms with van der Waals surface area (Å²) in [5, 5.41) is 3.81. The lowest BCUT2D eigenvalue weighted by Gasteiger charge is -2.37. The van der Waals surface area contributed by atoms with Crippen molar-refractivity contribution in [1.82, 2.24) is 9.88 Å². The Kier molecular flexibility index (Phi) is 5.13. The zero-order valence-corrected chi connectivity index (χ0v) is 15.0. The number of anilines is 2. The molecule has 0 atom stereocenters. The molecule has 0 aliphatic carbocycles. The molecule has 0 radical (unpaired) electrons. The van der Waals surface area contributed by atoms with Crippen molar-refractivity contribution in [3.05, 3.63) is 53.2 Å². The highest BCUT2D eigenvalue weighted by Gasteiger charge is 2.20. The second kappa shape index (κ2) is 7.31. The van der Waals surface area contributed by atoms with Crippen LogP contribution in [0.25, 0.3) is 0 Å². The van der Waals surface area contributed by atoms with Gasteiger partial charge in [0.05, 0.1) is 0 Å². The SMILES string of the molecule is Cc1cc(C)nc(NC(=S)N2CCN(c3ccc(F)c(F)c3)CC2)c1. The number of pyridine rings is 1. The molecule has 7 heteroatoms. The summed E-state index contributed by atoms with van der Waals surface area (Å²) < 4.78 is 26.5. The number of aromatic nitrogens is 1. The van der Waals surface area contributed by atoms with E-state index in [2.05, 4.69) is 15.2 Å². The minimum atomic E-state index is -0.825. The predicted molar refractivity (Wildman–Crippen MR) is 100 cm³/mol. The molecule has 0 saturated carbocycles. The number of piperazine rings is 1. The van der Waals surface area contributed by atoms with Gasteiger partial charge in [0.2, 0.25) is 0 Å². The minimum absolute atomic E-state index is 0.627. The van der Waals surface area contributed by atoms with Gasteiger partial charge in [-0.2, -0.15) is 0 Å². The van der Waals surface area contributed by atoms with Crippen LogP contribution in [-0.4, -0.2) is 41.2 Å². The molecule has 0 unspecified atom stereocenters. The molecule has 1 aromatic heterocycles. The van der Waals surface area contributed by atoms with Gasteiger partial charge in [0, 0.05) is 43.6 Å². The number of halogens is 2. The molecule has 0 bridgehead atoms.